The molecule has 0 unspecified atom stereocenters. The summed E-state index contributed by atoms with van der Waals surface area (Å²) in [4.78, 5) is 15.4. The van der Waals surface area contributed by atoms with Crippen molar-refractivity contribution < 1.29 is 18.0 Å². The number of hydrogen-bond acceptors (Lipinski definition) is 3. The van der Waals surface area contributed by atoms with E-state index in [1.54, 1.807) is 6.07 Å². The van der Waals surface area contributed by atoms with Crippen LogP contribution in [0.4, 0.5) is 13.2 Å². The van der Waals surface area contributed by atoms with Gasteiger partial charge in [0.1, 0.15) is 10.8 Å². The molecule has 20 heavy (non-hydrogen) atoms. The van der Waals surface area contributed by atoms with E-state index in [0.717, 1.165) is 12.1 Å². The molecule has 0 amide bonds. The number of nitrogens with zero attached hydrogens (tertiary/aromatic N) is 1. The lowest BCUT2D eigenvalue weighted by atomic mass is 10.1. The zero-order valence-corrected chi connectivity index (χ0v) is 14.0. The minimum Gasteiger partial charge on any atom is -0.288 e. The highest BCUT2D eigenvalue weighted by atomic mass is 79.9. The lowest BCUT2D eigenvalue weighted by molar-refractivity contribution is -0.141. The summed E-state index contributed by atoms with van der Waals surface area (Å²) in [6, 6.07) is 3.32. The van der Waals surface area contributed by atoms with Crippen molar-refractivity contribution in [1.82, 2.24) is 4.98 Å². The van der Waals surface area contributed by atoms with Gasteiger partial charge in [0.25, 0.3) is 0 Å². The third-order valence-electron chi connectivity index (χ3n) is 2.29. The van der Waals surface area contributed by atoms with Crippen LogP contribution in [0.25, 0.3) is 0 Å². The maximum Gasteiger partial charge on any atom is 0.433 e. The molecule has 9 heteroatoms. The van der Waals surface area contributed by atoms with E-state index >= 15 is 0 Å². The molecule has 0 bridgehead atoms. The fraction of sp³-hybridized carbons (Fsp3) is 0.0909. The van der Waals surface area contributed by atoms with Crippen LogP contribution in [0.3, 0.4) is 0 Å². The normalized spacial score (nSPS) is 11.7. The van der Waals surface area contributed by atoms with Crippen LogP contribution in [0.5, 0.6) is 0 Å². The standard InChI is InChI=1S/C11H3Br2ClF3NOS/c12-7-3-5(9(13)20-7)8(19)4-1-2-6(11(15,16)17)18-10(4)14/h1-3H. The third kappa shape index (κ3) is 3.24. The highest BCUT2D eigenvalue weighted by Crippen LogP contribution is 2.35. The minimum atomic E-state index is -4.60. The van der Waals surface area contributed by atoms with Crippen molar-refractivity contribution in [3.05, 3.63) is 47.7 Å². The fourth-order valence-electron chi connectivity index (χ4n) is 1.40. The van der Waals surface area contributed by atoms with E-state index in [9.17, 15) is 18.0 Å². The van der Waals surface area contributed by atoms with E-state index in [4.69, 9.17) is 11.6 Å². The zero-order valence-electron chi connectivity index (χ0n) is 9.26. The van der Waals surface area contributed by atoms with Gasteiger partial charge in [-0.25, -0.2) is 4.98 Å². The number of carbonyl (C=O) groups excluding carboxylic acids is 1. The smallest absolute Gasteiger partial charge is 0.288 e. The molecule has 2 heterocycles. The molecule has 0 aliphatic rings. The SMILES string of the molecule is O=C(c1ccc(C(F)(F)F)nc1Cl)c1cc(Br)sc1Br. The molecule has 0 radical (unpaired) electrons. The van der Waals surface area contributed by atoms with Gasteiger partial charge < -0.3 is 0 Å². The molecule has 0 atom stereocenters. The summed E-state index contributed by atoms with van der Waals surface area (Å²) in [7, 11) is 0. The van der Waals surface area contributed by atoms with Gasteiger partial charge in [-0.1, -0.05) is 11.6 Å². The second-order valence-electron chi connectivity index (χ2n) is 3.60. The van der Waals surface area contributed by atoms with Crippen LogP contribution in [0.1, 0.15) is 21.6 Å². The Morgan fingerprint density at radius 3 is 2.35 bits per heavy atom. The second kappa shape index (κ2) is 5.75. The van der Waals surface area contributed by atoms with Gasteiger partial charge in [0, 0.05) is 5.56 Å². The van der Waals surface area contributed by atoms with Gasteiger partial charge in [-0.15, -0.1) is 11.3 Å². The number of halogens is 6. The number of carbonyl (C=O) groups is 1. The molecule has 0 aliphatic carbocycles. The quantitative estimate of drug-likeness (QED) is 0.443. The molecular weight excluding hydrogens is 446 g/mol. The summed E-state index contributed by atoms with van der Waals surface area (Å²) in [6.07, 6.45) is -4.60. The lowest BCUT2D eigenvalue weighted by Gasteiger charge is -2.08. The summed E-state index contributed by atoms with van der Waals surface area (Å²) in [5.41, 5.74) is -0.902. The minimum absolute atomic E-state index is 0.0781. The Kier molecular flexibility index (Phi) is 4.58. The molecule has 0 saturated heterocycles. The van der Waals surface area contributed by atoms with Crippen LogP contribution in [0.15, 0.2) is 25.8 Å². The van der Waals surface area contributed by atoms with Crippen molar-refractivity contribution in [2.24, 2.45) is 0 Å². The average Bonchev–Trinajstić information content (AvgIpc) is 2.66. The van der Waals surface area contributed by atoms with Crippen molar-refractivity contribution >= 4 is 60.6 Å². The molecule has 0 aliphatic heterocycles. The van der Waals surface area contributed by atoms with Gasteiger partial charge >= 0.3 is 6.18 Å². The van der Waals surface area contributed by atoms with E-state index in [1.807, 2.05) is 0 Å². The number of alkyl halides is 3. The van der Waals surface area contributed by atoms with Crippen molar-refractivity contribution in [2.45, 2.75) is 6.18 Å². The molecule has 2 nitrogen and oxygen atoms in total. The molecule has 2 aromatic rings. The Morgan fingerprint density at radius 2 is 1.90 bits per heavy atom. The number of hydrogen-bond donors (Lipinski definition) is 0. The summed E-state index contributed by atoms with van der Waals surface area (Å²) < 4.78 is 38.7. The molecular formula is C11H3Br2ClF3NOS. The Labute approximate surface area is 137 Å². The first-order valence-electron chi connectivity index (χ1n) is 4.93. The number of thiophene rings is 1. The highest BCUT2D eigenvalue weighted by molar-refractivity contribution is 9.12. The van der Waals surface area contributed by atoms with Crippen LogP contribution in [0, 0.1) is 0 Å². The van der Waals surface area contributed by atoms with Crippen molar-refractivity contribution in [3.63, 3.8) is 0 Å². The average molecular weight is 449 g/mol. The van der Waals surface area contributed by atoms with Gasteiger partial charge in [0.15, 0.2) is 5.78 Å². The summed E-state index contributed by atoms with van der Waals surface area (Å²) >= 11 is 13.4. The molecule has 2 aromatic heterocycles. The number of aromatic nitrogens is 1. The van der Waals surface area contributed by atoms with Crippen molar-refractivity contribution in [3.8, 4) is 0 Å². The van der Waals surface area contributed by atoms with Crippen LogP contribution in [0.2, 0.25) is 5.15 Å². The Hall–Kier alpha value is -0.440. The van der Waals surface area contributed by atoms with Gasteiger partial charge in [-0.05, 0) is 50.1 Å². The van der Waals surface area contributed by atoms with Crippen molar-refractivity contribution in [2.75, 3.05) is 0 Å². The van der Waals surface area contributed by atoms with E-state index < -0.39 is 22.8 Å². The molecule has 106 valence electrons. The van der Waals surface area contributed by atoms with Gasteiger partial charge in [-0.3, -0.25) is 4.79 Å². The molecule has 0 N–H and O–H groups in total. The first-order valence-corrected chi connectivity index (χ1v) is 7.71. The number of pyridine rings is 1. The van der Waals surface area contributed by atoms with Crippen LogP contribution in [-0.4, -0.2) is 10.8 Å². The maximum absolute atomic E-state index is 12.5. The van der Waals surface area contributed by atoms with Crippen LogP contribution >= 0.6 is 54.8 Å². The molecule has 0 spiro atoms. The summed E-state index contributed by atoms with van der Waals surface area (Å²) in [6.45, 7) is 0. The van der Waals surface area contributed by atoms with Crippen LogP contribution < -0.4 is 0 Å². The monoisotopic (exact) mass is 447 g/mol. The number of rotatable bonds is 2. The van der Waals surface area contributed by atoms with Crippen LogP contribution in [-0.2, 0) is 6.18 Å². The van der Waals surface area contributed by atoms with Gasteiger partial charge in [-0.2, -0.15) is 13.2 Å². The zero-order chi connectivity index (χ0) is 15.1. The highest BCUT2D eigenvalue weighted by Gasteiger charge is 2.33. The molecule has 0 saturated carbocycles. The van der Waals surface area contributed by atoms with Gasteiger partial charge in [0.05, 0.1) is 13.1 Å². The third-order valence-corrected chi connectivity index (χ3v) is 4.91. The predicted octanol–water partition coefficient (Wildman–Crippen LogP) is 5.57. The van der Waals surface area contributed by atoms with E-state index in [1.165, 1.54) is 11.3 Å². The van der Waals surface area contributed by atoms with E-state index in [-0.39, 0.29) is 5.56 Å². The number of ketones is 1. The Bertz CT molecular complexity index is 687. The first kappa shape index (κ1) is 15.9. The fourth-order valence-corrected chi connectivity index (χ4v) is 4.43. The van der Waals surface area contributed by atoms with Gasteiger partial charge in [0.2, 0.25) is 0 Å². The topological polar surface area (TPSA) is 30.0 Å². The molecule has 0 aromatic carbocycles. The van der Waals surface area contributed by atoms with Crippen molar-refractivity contribution in [1.29, 1.82) is 0 Å². The van der Waals surface area contributed by atoms with E-state index in [0.29, 0.717) is 13.1 Å². The van der Waals surface area contributed by atoms with E-state index in [2.05, 4.69) is 36.8 Å². The molecule has 2 rings (SSSR count). The summed E-state index contributed by atoms with van der Waals surface area (Å²) in [5.74, 6) is -0.495. The first-order chi connectivity index (χ1) is 9.20. The largest absolute Gasteiger partial charge is 0.433 e. The molecule has 0 fully saturated rings. The second-order valence-corrected chi connectivity index (χ2v) is 7.71. The predicted molar refractivity (Wildman–Crippen MR) is 77.4 cm³/mol. The summed E-state index contributed by atoms with van der Waals surface area (Å²) in [5, 5.41) is -0.473. The Morgan fingerprint density at radius 1 is 1.25 bits per heavy atom. The lowest BCUT2D eigenvalue weighted by Crippen LogP contribution is -2.10. The Balaban J connectivity index is 2.44. The maximum atomic E-state index is 12.5.